The number of nitrogens with zero attached hydrogens (tertiary/aromatic N) is 6. The van der Waals surface area contributed by atoms with E-state index in [4.69, 9.17) is 49.6 Å². The van der Waals surface area contributed by atoms with Crippen LogP contribution in [-0.2, 0) is 12.8 Å². The molecule has 0 amide bonds. The van der Waals surface area contributed by atoms with E-state index in [0.717, 1.165) is 18.4 Å². The molecule has 14 heteroatoms. The molecule has 0 spiro atoms. The maximum absolute atomic E-state index is 8.85. The van der Waals surface area contributed by atoms with E-state index in [-0.39, 0.29) is 27.9 Å². The number of ether oxygens (including phenoxy) is 2. The van der Waals surface area contributed by atoms with Crippen LogP contribution in [-0.4, -0.2) is 61.3 Å². The third-order valence-electron chi connectivity index (χ3n) is 5.29. The molecule has 10 nitrogen and oxygen atoms in total. The number of hydrogen-bond donors (Lipinski definition) is 2. The topological polar surface area (TPSA) is 136 Å². The van der Waals surface area contributed by atoms with Crippen LogP contribution in [0.1, 0.15) is 38.8 Å². The number of methoxy groups -OCH3 is 2. The van der Waals surface area contributed by atoms with Crippen LogP contribution in [0.2, 0.25) is 15.9 Å². The average molecular weight is 636 g/mol. The van der Waals surface area contributed by atoms with Gasteiger partial charge in [0, 0.05) is 5.56 Å². The predicted octanol–water partition coefficient (Wildman–Crippen LogP) is 5.15. The van der Waals surface area contributed by atoms with Crippen LogP contribution in [0.15, 0.2) is 48.5 Å². The van der Waals surface area contributed by atoms with Gasteiger partial charge in [-0.05, 0) is 76.1 Å². The molecule has 0 bridgehead atoms. The Kier molecular flexibility index (Phi) is 14.9. The highest BCUT2D eigenvalue weighted by atomic mass is 35.5. The fraction of sp³-hybridized carbons (Fsp3) is 0.357. The lowest BCUT2D eigenvalue weighted by atomic mass is 9.80. The number of benzene rings is 2. The molecule has 0 fully saturated rings. The fourth-order valence-corrected chi connectivity index (χ4v) is 4.01. The highest BCUT2D eigenvalue weighted by Crippen LogP contribution is 2.20. The van der Waals surface area contributed by atoms with Gasteiger partial charge in [0.1, 0.15) is 0 Å². The molecule has 2 heterocycles. The number of rotatable bonds is 8. The Morgan fingerprint density at radius 1 is 0.619 bits per heavy atom. The van der Waals surface area contributed by atoms with Gasteiger partial charge in [-0.3, -0.25) is 0 Å². The van der Waals surface area contributed by atoms with Gasteiger partial charge in [-0.2, -0.15) is 29.9 Å². The van der Waals surface area contributed by atoms with Crippen LogP contribution < -0.4 is 14.9 Å². The molecule has 0 atom stereocenters. The second-order valence-electron chi connectivity index (χ2n) is 9.78. The monoisotopic (exact) mass is 634 g/mol. The van der Waals surface area contributed by atoms with Crippen LogP contribution in [0.5, 0.6) is 12.0 Å². The molecule has 0 aliphatic carbocycles. The van der Waals surface area contributed by atoms with E-state index in [1.165, 1.54) is 25.3 Å². The molecule has 2 aromatic heterocycles. The minimum Gasteiger partial charge on any atom is -0.467 e. The van der Waals surface area contributed by atoms with Crippen LogP contribution in [0.3, 0.4) is 0 Å². The molecule has 2 N–H and O–H groups in total. The Morgan fingerprint density at radius 2 is 1.02 bits per heavy atom. The number of hydrogen-bond acceptors (Lipinski definition) is 10. The van der Waals surface area contributed by atoms with Crippen LogP contribution in [0, 0.1) is 11.8 Å². The van der Waals surface area contributed by atoms with Gasteiger partial charge in [-0.25, -0.2) is 0 Å². The van der Waals surface area contributed by atoms with Gasteiger partial charge in [0.05, 0.1) is 14.2 Å². The summed E-state index contributed by atoms with van der Waals surface area (Å²) >= 11 is 16.6. The van der Waals surface area contributed by atoms with Gasteiger partial charge in [-0.15, -0.1) is 0 Å². The van der Waals surface area contributed by atoms with Gasteiger partial charge in [-0.1, -0.05) is 76.2 Å². The summed E-state index contributed by atoms with van der Waals surface area (Å²) in [6.07, 6.45) is 2.09. The van der Waals surface area contributed by atoms with Crippen molar-refractivity contribution in [3.05, 3.63) is 75.5 Å². The standard InChI is InChI=1S/C14H16ClN3O.C10H15BO2.C4H3Cl2N3O/c1-9(2)8-10-4-6-11(7-5-10)12-16-13(15)18-14(17-12)19-3;1-8(2)7-9-3-5-10(6-4-9)11(12)13;1-10-4-8-2(5)7-3(6)9-4/h4-7,9H,8H2,1-3H3;3-6,8,12-13H,7H2,1-2H3;1H3. The molecule has 2 aromatic carbocycles. The molecule has 42 heavy (non-hydrogen) atoms. The Hall–Kier alpha value is -3.09. The van der Waals surface area contributed by atoms with E-state index in [1.54, 1.807) is 12.1 Å². The lowest BCUT2D eigenvalue weighted by Crippen LogP contribution is -2.29. The number of halogens is 3. The van der Waals surface area contributed by atoms with Gasteiger partial charge in [0.15, 0.2) is 5.82 Å². The minimum atomic E-state index is -1.35. The normalized spacial score (nSPS) is 10.4. The smallest absolute Gasteiger partial charge is 0.467 e. The van der Waals surface area contributed by atoms with E-state index in [1.807, 2.05) is 24.3 Å². The first-order chi connectivity index (χ1) is 19.9. The molecule has 0 aliphatic heterocycles. The quantitative estimate of drug-likeness (QED) is 0.250. The van der Waals surface area contributed by atoms with Gasteiger partial charge < -0.3 is 19.5 Å². The van der Waals surface area contributed by atoms with E-state index in [9.17, 15) is 0 Å². The molecule has 0 aliphatic rings. The van der Waals surface area contributed by atoms with Crippen molar-refractivity contribution in [2.45, 2.75) is 40.5 Å². The Labute approximate surface area is 261 Å². The third-order valence-corrected chi connectivity index (χ3v) is 5.80. The molecule has 0 saturated heterocycles. The SMILES string of the molecule is CC(C)Cc1ccc(B(O)O)cc1.COc1nc(Cl)nc(-c2ccc(CC(C)C)cc2)n1.COc1nc(Cl)nc(Cl)n1. The van der Waals surface area contributed by atoms with Crippen molar-refractivity contribution in [1.82, 2.24) is 29.9 Å². The summed E-state index contributed by atoms with van der Waals surface area (Å²) in [4.78, 5) is 22.8. The van der Waals surface area contributed by atoms with Crippen molar-refractivity contribution in [3.8, 4) is 23.4 Å². The molecule has 4 aromatic rings. The van der Waals surface area contributed by atoms with E-state index in [2.05, 4.69) is 74.5 Å². The second-order valence-corrected chi connectivity index (χ2v) is 10.8. The minimum absolute atomic E-state index is 0.0249. The zero-order chi connectivity index (χ0) is 31.2. The maximum atomic E-state index is 8.85. The maximum Gasteiger partial charge on any atom is 0.488 e. The van der Waals surface area contributed by atoms with E-state index < -0.39 is 7.12 Å². The van der Waals surface area contributed by atoms with Crippen molar-refractivity contribution in [2.75, 3.05) is 14.2 Å². The highest BCUT2D eigenvalue weighted by Gasteiger charge is 2.10. The van der Waals surface area contributed by atoms with Crippen LogP contribution in [0.4, 0.5) is 0 Å². The van der Waals surface area contributed by atoms with Crippen molar-refractivity contribution >= 4 is 47.4 Å². The number of aromatic nitrogens is 6. The molecule has 0 unspecified atom stereocenters. The molecule has 0 radical (unpaired) electrons. The summed E-state index contributed by atoms with van der Waals surface area (Å²) < 4.78 is 9.63. The van der Waals surface area contributed by atoms with Gasteiger partial charge >= 0.3 is 19.1 Å². The average Bonchev–Trinajstić information content (AvgIpc) is 2.93. The summed E-state index contributed by atoms with van der Waals surface area (Å²) in [7, 11) is 1.57. The molecule has 4 rings (SSSR count). The van der Waals surface area contributed by atoms with E-state index in [0.29, 0.717) is 23.1 Å². The predicted molar refractivity (Wildman–Crippen MR) is 167 cm³/mol. The molecule has 0 saturated carbocycles. The van der Waals surface area contributed by atoms with Crippen molar-refractivity contribution < 1.29 is 19.5 Å². The molecular formula is C28H34BCl3N6O4. The first-order valence-corrected chi connectivity index (χ1v) is 14.1. The van der Waals surface area contributed by atoms with Crippen molar-refractivity contribution in [2.24, 2.45) is 11.8 Å². The summed E-state index contributed by atoms with van der Waals surface area (Å²) in [5, 5.41) is 17.9. The zero-order valence-electron chi connectivity index (χ0n) is 24.3. The second kappa shape index (κ2) is 17.8. The van der Waals surface area contributed by atoms with Crippen molar-refractivity contribution in [1.29, 1.82) is 0 Å². The third kappa shape index (κ3) is 12.8. The Bertz CT molecular complexity index is 1360. The first-order valence-electron chi connectivity index (χ1n) is 13.0. The fourth-order valence-electron chi connectivity index (χ4n) is 3.51. The summed E-state index contributed by atoms with van der Waals surface area (Å²) in [5.41, 5.74) is 3.98. The van der Waals surface area contributed by atoms with Crippen LogP contribution >= 0.6 is 34.8 Å². The largest absolute Gasteiger partial charge is 0.488 e. The lowest BCUT2D eigenvalue weighted by Gasteiger charge is -2.06. The Balaban J connectivity index is 0.000000234. The van der Waals surface area contributed by atoms with Crippen LogP contribution in [0.25, 0.3) is 11.4 Å². The Morgan fingerprint density at radius 3 is 1.43 bits per heavy atom. The highest BCUT2D eigenvalue weighted by molar-refractivity contribution is 6.58. The summed E-state index contributed by atoms with van der Waals surface area (Å²) in [5.74, 6) is 1.79. The first kappa shape index (κ1) is 35.1. The molecule has 224 valence electrons. The van der Waals surface area contributed by atoms with Gasteiger partial charge in [0.2, 0.25) is 15.9 Å². The summed E-state index contributed by atoms with van der Waals surface area (Å²) in [6.45, 7) is 8.72. The molecular weight excluding hydrogens is 602 g/mol. The van der Waals surface area contributed by atoms with Gasteiger partial charge in [0.25, 0.3) is 0 Å². The van der Waals surface area contributed by atoms with Crippen molar-refractivity contribution in [3.63, 3.8) is 0 Å². The lowest BCUT2D eigenvalue weighted by molar-refractivity contribution is 0.378. The zero-order valence-corrected chi connectivity index (χ0v) is 26.6. The summed E-state index contributed by atoms with van der Waals surface area (Å²) in [6, 6.07) is 15.9. The van der Waals surface area contributed by atoms with E-state index >= 15 is 0 Å².